The van der Waals surface area contributed by atoms with Crippen LogP contribution in [0.4, 0.5) is 0 Å². The summed E-state index contributed by atoms with van der Waals surface area (Å²) in [7, 11) is 0. The van der Waals surface area contributed by atoms with Crippen LogP contribution in [0.2, 0.25) is 0 Å². The molecule has 0 spiro atoms. The molecule has 3 heterocycles. The number of tetrazole rings is 1. The Kier molecular flexibility index (Phi) is 7.88. The molecular formula is C27H36N6O3. The first-order valence-corrected chi connectivity index (χ1v) is 12.7. The van der Waals surface area contributed by atoms with Crippen LogP contribution in [0.25, 0.3) is 10.9 Å². The van der Waals surface area contributed by atoms with E-state index in [0.29, 0.717) is 25.3 Å². The van der Waals surface area contributed by atoms with Crippen LogP contribution in [0.1, 0.15) is 77.1 Å². The number of hydrogen-bond acceptors (Lipinski definition) is 7. The van der Waals surface area contributed by atoms with E-state index in [1.807, 2.05) is 48.0 Å². The van der Waals surface area contributed by atoms with Crippen molar-refractivity contribution >= 4 is 10.9 Å². The number of aromatic nitrogens is 5. The van der Waals surface area contributed by atoms with Gasteiger partial charge in [-0.3, -0.25) is 9.69 Å². The van der Waals surface area contributed by atoms with Gasteiger partial charge in [0.2, 0.25) is 0 Å². The molecule has 1 aromatic carbocycles. The maximum atomic E-state index is 13.1. The Bertz CT molecular complexity index is 1330. The van der Waals surface area contributed by atoms with Gasteiger partial charge in [-0.25, -0.2) is 4.68 Å². The highest BCUT2D eigenvalue weighted by Crippen LogP contribution is 2.31. The van der Waals surface area contributed by atoms with Crippen LogP contribution in [-0.2, 0) is 18.6 Å². The number of furan rings is 1. The Morgan fingerprint density at radius 3 is 2.69 bits per heavy atom. The van der Waals surface area contributed by atoms with Gasteiger partial charge in [0.1, 0.15) is 11.5 Å². The molecule has 0 radical (unpaired) electrons. The smallest absolute Gasteiger partial charge is 0.252 e. The number of ether oxygens (including phenoxy) is 1. The molecule has 4 rings (SSSR count). The Labute approximate surface area is 211 Å². The molecule has 0 saturated heterocycles. The standard InChI is InChI=1S/C27H36N6O3/c1-6-10-24(25-29-30-31-33(25)27(4,5)7-2)32(18-22-11-9-14-36-22)17-20-15-19-16-21(35-8-3)12-13-23(19)28-26(20)34/h9,11-16,24H,6-8,10,17-18H2,1-5H3,(H,28,34). The number of hydrogen-bond donors (Lipinski definition) is 1. The zero-order valence-electron chi connectivity index (χ0n) is 21.8. The predicted octanol–water partition coefficient (Wildman–Crippen LogP) is 5.20. The summed E-state index contributed by atoms with van der Waals surface area (Å²) in [5.41, 5.74) is 1.10. The highest BCUT2D eigenvalue weighted by Gasteiger charge is 2.32. The topological polar surface area (TPSA) is 102 Å². The van der Waals surface area contributed by atoms with Crippen molar-refractivity contribution in [2.45, 2.75) is 78.6 Å². The van der Waals surface area contributed by atoms with Gasteiger partial charge >= 0.3 is 0 Å². The van der Waals surface area contributed by atoms with E-state index in [4.69, 9.17) is 9.15 Å². The number of pyridine rings is 1. The second-order valence-corrected chi connectivity index (χ2v) is 9.71. The quantitative estimate of drug-likeness (QED) is 0.290. The highest BCUT2D eigenvalue weighted by molar-refractivity contribution is 5.80. The first kappa shape index (κ1) is 25.6. The first-order chi connectivity index (χ1) is 17.4. The molecule has 9 nitrogen and oxygen atoms in total. The lowest BCUT2D eigenvalue weighted by Crippen LogP contribution is -2.36. The summed E-state index contributed by atoms with van der Waals surface area (Å²) in [5.74, 6) is 2.40. The maximum Gasteiger partial charge on any atom is 0.252 e. The largest absolute Gasteiger partial charge is 0.494 e. The van der Waals surface area contributed by atoms with Crippen molar-refractivity contribution < 1.29 is 9.15 Å². The van der Waals surface area contributed by atoms with Crippen LogP contribution in [0, 0.1) is 0 Å². The summed E-state index contributed by atoms with van der Waals surface area (Å²) < 4.78 is 13.3. The summed E-state index contributed by atoms with van der Waals surface area (Å²) in [4.78, 5) is 18.4. The summed E-state index contributed by atoms with van der Waals surface area (Å²) >= 11 is 0. The van der Waals surface area contributed by atoms with Crippen LogP contribution in [0.5, 0.6) is 5.75 Å². The fourth-order valence-corrected chi connectivity index (χ4v) is 4.43. The first-order valence-electron chi connectivity index (χ1n) is 12.7. The number of fused-ring (bicyclic) bond motifs is 1. The van der Waals surface area contributed by atoms with Crippen molar-refractivity contribution in [2.75, 3.05) is 6.61 Å². The normalized spacial score (nSPS) is 12.9. The highest BCUT2D eigenvalue weighted by atomic mass is 16.5. The van der Waals surface area contributed by atoms with Gasteiger partial charge in [0.15, 0.2) is 5.82 Å². The van der Waals surface area contributed by atoms with Gasteiger partial charge in [-0.1, -0.05) is 20.3 Å². The molecule has 36 heavy (non-hydrogen) atoms. The second-order valence-electron chi connectivity index (χ2n) is 9.71. The Morgan fingerprint density at radius 2 is 2.00 bits per heavy atom. The lowest BCUT2D eigenvalue weighted by Gasteiger charge is -2.33. The molecule has 0 aliphatic heterocycles. The maximum absolute atomic E-state index is 13.1. The number of aromatic amines is 1. The van der Waals surface area contributed by atoms with Crippen molar-refractivity contribution in [3.05, 3.63) is 70.2 Å². The molecule has 0 saturated carbocycles. The van der Waals surface area contributed by atoms with Crippen molar-refractivity contribution in [1.29, 1.82) is 0 Å². The molecule has 1 unspecified atom stereocenters. The van der Waals surface area contributed by atoms with Gasteiger partial charge in [0.25, 0.3) is 5.56 Å². The van der Waals surface area contributed by atoms with E-state index in [1.165, 1.54) is 0 Å². The third-order valence-corrected chi connectivity index (χ3v) is 6.75. The lowest BCUT2D eigenvalue weighted by atomic mass is 10.0. The molecule has 0 bridgehead atoms. The Morgan fingerprint density at radius 1 is 1.17 bits per heavy atom. The van der Waals surface area contributed by atoms with Crippen LogP contribution in [-0.4, -0.2) is 36.7 Å². The van der Waals surface area contributed by atoms with Gasteiger partial charge in [-0.05, 0) is 80.4 Å². The number of H-pyrrole nitrogens is 1. The predicted molar refractivity (Wildman–Crippen MR) is 139 cm³/mol. The zero-order chi connectivity index (χ0) is 25.7. The minimum atomic E-state index is -0.239. The summed E-state index contributed by atoms with van der Waals surface area (Å²) in [6.45, 7) is 12.0. The van der Waals surface area contributed by atoms with Crippen molar-refractivity contribution in [2.24, 2.45) is 0 Å². The van der Waals surface area contributed by atoms with Gasteiger partial charge in [0, 0.05) is 23.0 Å². The number of nitrogens with zero attached hydrogens (tertiary/aromatic N) is 5. The molecule has 192 valence electrons. The lowest BCUT2D eigenvalue weighted by molar-refractivity contribution is 0.135. The Hall–Kier alpha value is -3.46. The van der Waals surface area contributed by atoms with Crippen LogP contribution < -0.4 is 10.3 Å². The van der Waals surface area contributed by atoms with E-state index in [0.717, 1.165) is 47.5 Å². The molecule has 9 heteroatoms. The van der Waals surface area contributed by atoms with Crippen molar-refractivity contribution in [1.82, 2.24) is 30.1 Å². The van der Waals surface area contributed by atoms with Crippen LogP contribution in [0.15, 0.2) is 51.9 Å². The average molecular weight is 493 g/mol. The molecular weight excluding hydrogens is 456 g/mol. The molecule has 0 amide bonds. The Balaban J connectivity index is 1.77. The second kappa shape index (κ2) is 11.1. The molecule has 1 N–H and O–H groups in total. The summed E-state index contributed by atoms with van der Waals surface area (Å²) in [5, 5.41) is 13.8. The fourth-order valence-electron chi connectivity index (χ4n) is 4.43. The molecule has 0 aliphatic rings. The molecule has 1 atom stereocenters. The van der Waals surface area contributed by atoms with E-state index in [-0.39, 0.29) is 17.1 Å². The number of nitrogens with one attached hydrogen (secondary N) is 1. The minimum absolute atomic E-state index is 0.106. The van der Waals surface area contributed by atoms with Crippen LogP contribution >= 0.6 is 0 Å². The number of rotatable bonds is 12. The molecule has 0 fully saturated rings. The van der Waals surface area contributed by atoms with E-state index in [9.17, 15) is 4.79 Å². The molecule has 4 aromatic rings. The summed E-state index contributed by atoms with van der Waals surface area (Å²) in [6.07, 6.45) is 4.32. The molecule has 3 aromatic heterocycles. The van der Waals surface area contributed by atoms with Gasteiger partial charge in [0.05, 0.1) is 31.0 Å². The molecule has 0 aliphatic carbocycles. The fraction of sp³-hybridized carbons (Fsp3) is 0.481. The monoisotopic (exact) mass is 492 g/mol. The number of benzene rings is 1. The average Bonchev–Trinajstić information content (AvgIpc) is 3.56. The van der Waals surface area contributed by atoms with E-state index in [1.54, 1.807) is 6.26 Å². The third-order valence-electron chi connectivity index (χ3n) is 6.75. The van der Waals surface area contributed by atoms with Gasteiger partial charge < -0.3 is 14.1 Å². The van der Waals surface area contributed by atoms with Crippen molar-refractivity contribution in [3.63, 3.8) is 0 Å². The summed E-state index contributed by atoms with van der Waals surface area (Å²) in [6, 6.07) is 11.4. The van der Waals surface area contributed by atoms with E-state index >= 15 is 0 Å². The SMILES string of the molecule is CCCC(c1nnnn1C(C)(C)CC)N(Cc1ccco1)Cc1cc2cc(OCC)ccc2[nH]c1=O. The van der Waals surface area contributed by atoms with E-state index in [2.05, 4.69) is 53.1 Å². The third kappa shape index (κ3) is 5.51. The van der Waals surface area contributed by atoms with Gasteiger partial charge in [-0.2, -0.15) is 0 Å². The van der Waals surface area contributed by atoms with Crippen LogP contribution in [0.3, 0.4) is 0 Å². The zero-order valence-corrected chi connectivity index (χ0v) is 21.8. The van der Waals surface area contributed by atoms with E-state index < -0.39 is 0 Å². The van der Waals surface area contributed by atoms with Crippen molar-refractivity contribution in [3.8, 4) is 5.75 Å². The minimum Gasteiger partial charge on any atom is -0.494 e. The van der Waals surface area contributed by atoms with Gasteiger partial charge in [-0.15, -0.1) is 5.10 Å².